The van der Waals surface area contributed by atoms with Gasteiger partial charge < -0.3 is 121 Å². The Morgan fingerprint density at radius 3 is 0.905 bits per heavy atom. The Balaban J connectivity index is 6.91. The molecule has 84 heavy (non-hydrogen) atoms. The topological polar surface area (TPSA) is 655 Å². The Hall–Kier alpha value is -8.38. The van der Waals surface area contributed by atoms with Gasteiger partial charge in [-0.15, -0.1) is 0 Å². The smallest absolute Gasteiger partial charge is 0.245 e. The van der Waals surface area contributed by atoms with Crippen LogP contribution in [0.25, 0.3) is 0 Å². The predicted molar refractivity (Wildman–Crippen MR) is 312 cm³/mol. The summed E-state index contributed by atoms with van der Waals surface area (Å²) < 4.78 is 0. The molecule has 0 aromatic carbocycles. The number of hydrogen-bond donors (Lipinski definition) is 22. The Bertz CT molecular complexity index is 2240. The van der Waals surface area contributed by atoms with Crippen LogP contribution in [-0.4, -0.2) is 199 Å². The van der Waals surface area contributed by atoms with E-state index in [-0.39, 0.29) is 134 Å². The molecule has 36 nitrogen and oxygen atoms in total. The van der Waals surface area contributed by atoms with Gasteiger partial charge in [-0.3, -0.25) is 67.9 Å². The highest BCUT2D eigenvalue weighted by Crippen LogP contribution is 2.11. The summed E-state index contributed by atoms with van der Waals surface area (Å²) in [6, 6.07) is -12.8. The number of nitrogens with zero attached hydrogens (tertiary/aromatic N) is 4. The summed E-state index contributed by atoms with van der Waals surface area (Å²) in [5.74, 6) is -9.84. The quantitative estimate of drug-likeness (QED) is 0.0153. The van der Waals surface area contributed by atoms with Gasteiger partial charge in [-0.2, -0.15) is 0 Å². The van der Waals surface area contributed by atoms with E-state index in [0.717, 1.165) is 0 Å². The molecule has 0 saturated heterocycles. The molecule has 33 N–H and O–H groups in total. The fraction of sp³-hybridized carbons (Fsp3) is 0.708. The number of unbranched alkanes of at least 4 members (excludes halogenated alkanes) is 2. The van der Waals surface area contributed by atoms with Crippen molar-refractivity contribution in [1.82, 2.24) is 47.9 Å². The van der Waals surface area contributed by atoms with Crippen LogP contribution < -0.4 is 111 Å². The van der Waals surface area contributed by atoms with Gasteiger partial charge in [0.05, 0.1) is 12.7 Å². The molecule has 0 aliphatic rings. The number of hydrogen-bond acceptors (Lipinski definition) is 18. The zero-order chi connectivity index (χ0) is 63.9. The van der Waals surface area contributed by atoms with Gasteiger partial charge in [-0.1, -0.05) is 0 Å². The molecular formula is C48H94N24O12. The van der Waals surface area contributed by atoms with Crippen LogP contribution in [-0.2, 0) is 47.9 Å². The number of nitrogens with two attached hydrogens (primary N) is 11. The van der Waals surface area contributed by atoms with Crippen molar-refractivity contribution in [3.05, 3.63) is 0 Å². The van der Waals surface area contributed by atoms with Gasteiger partial charge in [0.15, 0.2) is 23.8 Å². The van der Waals surface area contributed by atoms with Crippen molar-refractivity contribution < 1.29 is 58.2 Å². The van der Waals surface area contributed by atoms with Gasteiger partial charge >= 0.3 is 0 Å². The van der Waals surface area contributed by atoms with Gasteiger partial charge in [0.2, 0.25) is 59.1 Å². The standard InChI is InChI=1S/C48H94N24O12/c1-25(64-38(78)28(65-27(3)75)14-8-20-60-45(52)53)37(77)66-31(15-9-21-61-46(54)55)42(82)71-34(24-73)44(84)70-32(16-10-22-62-47(56)57)41(81)68-29(12-4-6-18-49)39(79)67-30(13-5-7-19-50)40(80)69-33(17-11-23-63-48(58)59)43(83)72-35(26(2)74)36(51)76/h25-26,28-35,73-74H,4-24,49-50H2,1-3H3,(H2,51,76)(H,64,78)(H,65,75)(H,66,77)(H,67,79)(H,68,81)(H,69,80)(H,70,84)(H,71,82)(H,72,83)(H4,52,53,60)(H4,54,55,61)(H4,56,57,62)(H4,58,59,63)/t25-,26+,28-,29-,30-,31-,32-,33-,34-,35-/m0/s1. The van der Waals surface area contributed by atoms with Crippen molar-refractivity contribution >= 4 is 82.9 Å². The molecule has 0 spiro atoms. The Kier molecular flexibility index (Phi) is 38.2. The van der Waals surface area contributed by atoms with Crippen LogP contribution in [0.15, 0.2) is 20.0 Å². The van der Waals surface area contributed by atoms with Crippen molar-refractivity contribution in [2.45, 2.75) is 171 Å². The minimum absolute atomic E-state index is 0.00593. The zero-order valence-electron chi connectivity index (χ0n) is 48.2. The molecule has 0 aliphatic heterocycles. The highest BCUT2D eigenvalue weighted by molar-refractivity contribution is 5.98. The van der Waals surface area contributed by atoms with Gasteiger partial charge in [0.25, 0.3) is 0 Å². The van der Waals surface area contributed by atoms with Gasteiger partial charge in [-0.05, 0) is 117 Å². The van der Waals surface area contributed by atoms with E-state index in [9.17, 15) is 58.2 Å². The third-order valence-corrected chi connectivity index (χ3v) is 12.2. The maximum atomic E-state index is 14.3. The number of nitrogens with one attached hydrogen (secondary N) is 9. The minimum Gasteiger partial charge on any atom is -0.394 e. The number of carbonyl (C=O) groups is 10. The molecule has 10 atom stereocenters. The number of primary amides is 1. The molecule has 0 heterocycles. The van der Waals surface area contributed by atoms with Crippen LogP contribution >= 0.6 is 0 Å². The molecule has 0 aliphatic carbocycles. The van der Waals surface area contributed by atoms with E-state index >= 15 is 0 Å². The minimum atomic E-state index is -1.78. The normalized spacial score (nSPS) is 14.4. The highest BCUT2D eigenvalue weighted by atomic mass is 16.3. The number of aliphatic hydroxyl groups is 2. The predicted octanol–water partition coefficient (Wildman–Crippen LogP) is -10.3. The Morgan fingerprint density at radius 2 is 0.631 bits per heavy atom. The van der Waals surface area contributed by atoms with Crippen LogP contribution in [0.1, 0.15) is 111 Å². The van der Waals surface area contributed by atoms with E-state index in [4.69, 9.17) is 63.1 Å². The van der Waals surface area contributed by atoms with Gasteiger partial charge in [0.1, 0.15) is 54.4 Å². The SMILES string of the molecule is CC(=O)N[C@@H](CCCN=C(N)N)C(=O)N[C@@H](C)C(=O)N[C@@H](CCCN=C(N)N)C(=O)N[C@@H](CO)C(=O)N[C@@H](CCCN=C(N)N)C(=O)N[C@@H](CCCCN)C(=O)N[C@@H](CCCCN)C(=O)N[C@@H](CCCN=C(N)N)C(=O)N[C@H](C(N)=O)[C@@H](C)O. The molecule has 0 saturated carbocycles. The van der Waals surface area contributed by atoms with Crippen molar-refractivity contribution in [2.24, 2.45) is 83.0 Å². The van der Waals surface area contributed by atoms with Crippen molar-refractivity contribution in [2.75, 3.05) is 45.9 Å². The first-order valence-corrected chi connectivity index (χ1v) is 27.5. The summed E-state index contributed by atoms with van der Waals surface area (Å²) in [5.41, 5.74) is 60.4. The van der Waals surface area contributed by atoms with Crippen LogP contribution in [0.3, 0.4) is 0 Å². The maximum absolute atomic E-state index is 14.3. The number of amides is 10. The third-order valence-electron chi connectivity index (χ3n) is 12.2. The molecule has 10 amide bonds. The lowest BCUT2D eigenvalue weighted by Gasteiger charge is -2.28. The molecule has 0 radical (unpaired) electrons. The molecular weight excluding hydrogens is 1100 g/mol. The molecule has 478 valence electrons. The monoisotopic (exact) mass is 1200 g/mol. The fourth-order valence-electron chi connectivity index (χ4n) is 7.77. The summed E-state index contributed by atoms with van der Waals surface area (Å²) in [6.07, 6.45) is 0.104. The average Bonchev–Trinajstić information content (AvgIpc) is 3.45. The number of guanidine groups is 4. The van der Waals surface area contributed by atoms with Gasteiger partial charge in [0, 0.05) is 33.1 Å². The molecule has 0 fully saturated rings. The first kappa shape index (κ1) is 75.6. The lowest BCUT2D eigenvalue weighted by molar-refractivity contribution is -0.136. The molecule has 36 heteroatoms. The van der Waals surface area contributed by atoms with Crippen molar-refractivity contribution in [3.8, 4) is 0 Å². The van der Waals surface area contributed by atoms with E-state index in [1.165, 1.54) is 20.8 Å². The Labute approximate surface area is 487 Å². The summed E-state index contributed by atoms with van der Waals surface area (Å²) in [6.45, 7) is 3.23. The summed E-state index contributed by atoms with van der Waals surface area (Å²) in [4.78, 5) is 150. The molecule has 0 rings (SSSR count). The molecule has 0 aromatic rings. The van der Waals surface area contributed by atoms with Gasteiger partial charge in [-0.25, -0.2) is 0 Å². The molecule has 0 unspecified atom stereocenters. The maximum Gasteiger partial charge on any atom is 0.245 e. The first-order chi connectivity index (χ1) is 39.6. The lowest BCUT2D eigenvalue weighted by atomic mass is 10.0. The summed E-state index contributed by atoms with van der Waals surface area (Å²) in [7, 11) is 0. The highest BCUT2D eigenvalue weighted by Gasteiger charge is 2.35. The van der Waals surface area contributed by atoms with E-state index in [1.54, 1.807) is 0 Å². The lowest BCUT2D eigenvalue weighted by Crippen LogP contribution is -2.61. The van der Waals surface area contributed by atoms with E-state index in [2.05, 4.69) is 67.8 Å². The Morgan fingerprint density at radius 1 is 0.369 bits per heavy atom. The molecule has 0 aromatic heterocycles. The number of rotatable bonds is 44. The second kappa shape index (κ2) is 42.4. The molecule has 0 bridgehead atoms. The second-order valence-electron chi connectivity index (χ2n) is 19.5. The zero-order valence-corrected chi connectivity index (χ0v) is 48.2. The van der Waals surface area contributed by atoms with E-state index in [1.807, 2.05) is 0 Å². The van der Waals surface area contributed by atoms with Crippen LogP contribution in [0.4, 0.5) is 0 Å². The number of aliphatic hydroxyl groups excluding tert-OH is 2. The number of carbonyl (C=O) groups excluding carboxylic acids is 10. The van der Waals surface area contributed by atoms with Crippen molar-refractivity contribution in [3.63, 3.8) is 0 Å². The van der Waals surface area contributed by atoms with E-state index < -0.39 is 126 Å². The average molecular weight is 1200 g/mol. The van der Waals surface area contributed by atoms with Crippen molar-refractivity contribution in [1.29, 1.82) is 0 Å². The van der Waals surface area contributed by atoms with E-state index in [0.29, 0.717) is 19.3 Å². The summed E-state index contributed by atoms with van der Waals surface area (Å²) in [5, 5.41) is 43.1. The van der Waals surface area contributed by atoms with Crippen LogP contribution in [0.2, 0.25) is 0 Å². The third kappa shape index (κ3) is 33.5. The van der Waals surface area contributed by atoms with Crippen LogP contribution in [0, 0.1) is 0 Å². The summed E-state index contributed by atoms with van der Waals surface area (Å²) >= 11 is 0. The number of aliphatic imine (C=N–C) groups is 4. The fourth-order valence-corrected chi connectivity index (χ4v) is 7.77. The largest absolute Gasteiger partial charge is 0.394 e. The van der Waals surface area contributed by atoms with Crippen LogP contribution in [0.5, 0.6) is 0 Å². The second-order valence-corrected chi connectivity index (χ2v) is 19.5. The first-order valence-electron chi connectivity index (χ1n) is 27.5.